The number of hydrogen-bond acceptors (Lipinski definition) is 7. The summed E-state index contributed by atoms with van der Waals surface area (Å²) in [6, 6.07) is 7.39. The van der Waals surface area contributed by atoms with Crippen molar-refractivity contribution in [2.24, 2.45) is 0 Å². The molecule has 2 heterocycles. The Bertz CT molecular complexity index is 939. The fourth-order valence-corrected chi connectivity index (χ4v) is 2.05. The number of nitro benzene ring substituents is 1. The molecular formula is C15H13N5O5. The number of nitro groups is 1. The number of benzene rings is 1. The molecular weight excluding hydrogens is 330 g/mol. The second-order valence-corrected chi connectivity index (χ2v) is 4.83. The van der Waals surface area contributed by atoms with Gasteiger partial charge in [-0.15, -0.1) is 0 Å². The number of non-ortho nitro benzene ring substituents is 1. The normalized spacial score (nSPS) is 10.4. The van der Waals surface area contributed by atoms with Gasteiger partial charge in [0.25, 0.3) is 5.69 Å². The average molecular weight is 343 g/mol. The molecule has 0 saturated carbocycles. The fraction of sp³-hybridized carbons (Fsp3) is 0.133. The van der Waals surface area contributed by atoms with Crippen molar-refractivity contribution in [1.29, 1.82) is 0 Å². The zero-order chi connectivity index (χ0) is 17.8. The Hall–Kier alpha value is -3.69. The standard InChI is InChI=1S/C15H13N5O5/c1-2-24-15(21)19-14-17-12-7-11(8-16-13(12)18-14)25-10-5-3-4-9(6-10)20(22)23/h3-8H,2H2,1H3,(H2,16,17,18,19,21). The van der Waals surface area contributed by atoms with Crippen LogP contribution in [0.1, 0.15) is 6.92 Å². The molecule has 0 fully saturated rings. The highest BCUT2D eigenvalue weighted by Crippen LogP contribution is 2.26. The Kier molecular flexibility index (Phi) is 4.42. The summed E-state index contributed by atoms with van der Waals surface area (Å²) in [5.74, 6) is 0.839. The molecule has 2 aromatic heterocycles. The third kappa shape index (κ3) is 3.80. The number of imidazole rings is 1. The van der Waals surface area contributed by atoms with E-state index in [1.54, 1.807) is 19.1 Å². The highest BCUT2D eigenvalue weighted by Gasteiger charge is 2.11. The van der Waals surface area contributed by atoms with Gasteiger partial charge in [-0.25, -0.2) is 14.8 Å². The molecule has 0 atom stereocenters. The molecule has 0 aliphatic carbocycles. The summed E-state index contributed by atoms with van der Waals surface area (Å²) in [5.41, 5.74) is 0.820. The van der Waals surface area contributed by atoms with Gasteiger partial charge >= 0.3 is 6.09 Å². The third-order valence-electron chi connectivity index (χ3n) is 3.07. The van der Waals surface area contributed by atoms with Gasteiger partial charge in [-0.2, -0.15) is 0 Å². The SMILES string of the molecule is CCOC(=O)Nc1nc2cc(Oc3cccc([N+](=O)[O-])c3)cnc2[nH]1. The number of fused-ring (bicyclic) bond motifs is 1. The van der Waals surface area contributed by atoms with Crippen molar-refractivity contribution in [3.05, 3.63) is 46.6 Å². The number of ether oxygens (including phenoxy) is 2. The summed E-state index contributed by atoms with van der Waals surface area (Å²) in [6.07, 6.45) is 0.808. The minimum absolute atomic E-state index is 0.0766. The lowest BCUT2D eigenvalue weighted by Gasteiger charge is -2.04. The highest BCUT2D eigenvalue weighted by molar-refractivity contribution is 5.85. The molecule has 0 aliphatic heterocycles. The van der Waals surface area contributed by atoms with Crippen LogP contribution in [-0.2, 0) is 4.74 Å². The summed E-state index contributed by atoms with van der Waals surface area (Å²) >= 11 is 0. The first kappa shape index (κ1) is 16.2. The number of nitrogens with zero attached hydrogens (tertiary/aromatic N) is 3. The van der Waals surface area contributed by atoms with Crippen LogP contribution in [0.15, 0.2) is 36.5 Å². The van der Waals surface area contributed by atoms with Crippen molar-refractivity contribution in [1.82, 2.24) is 15.0 Å². The molecule has 2 N–H and O–H groups in total. The number of amides is 1. The van der Waals surface area contributed by atoms with Gasteiger partial charge in [0, 0.05) is 12.1 Å². The van der Waals surface area contributed by atoms with Gasteiger partial charge in [0.2, 0.25) is 5.95 Å². The second kappa shape index (κ2) is 6.83. The van der Waals surface area contributed by atoms with Gasteiger partial charge < -0.3 is 14.5 Å². The van der Waals surface area contributed by atoms with Crippen molar-refractivity contribution < 1.29 is 19.2 Å². The number of aromatic nitrogens is 3. The van der Waals surface area contributed by atoms with Crippen molar-refractivity contribution >= 4 is 28.9 Å². The molecule has 10 nitrogen and oxygen atoms in total. The van der Waals surface area contributed by atoms with Gasteiger partial charge in [0.1, 0.15) is 17.0 Å². The second-order valence-electron chi connectivity index (χ2n) is 4.83. The van der Waals surface area contributed by atoms with E-state index in [1.807, 2.05) is 0 Å². The molecule has 3 rings (SSSR count). The van der Waals surface area contributed by atoms with E-state index < -0.39 is 11.0 Å². The molecule has 10 heteroatoms. The minimum atomic E-state index is -0.630. The zero-order valence-corrected chi connectivity index (χ0v) is 13.1. The molecule has 3 aromatic rings. The predicted octanol–water partition coefficient (Wildman–Crippen LogP) is 3.23. The number of anilines is 1. The summed E-state index contributed by atoms with van der Waals surface area (Å²) in [4.78, 5) is 32.8. The van der Waals surface area contributed by atoms with E-state index in [2.05, 4.69) is 20.3 Å². The Labute approximate surface area is 141 Å². The Balaban J connectivity index is 1.80. The maximum atomic E-state index is 11.4. The predicted molar refractivity (Wildman–Crippen MR) is 87.7 cm³/mol. The molecule has 128 valence electrons. The van der Waals surface area contributed by atoms with E-state index in [9.17, 15) is 14.9 Å². The molecule has 0 aliphatic rings. The van der Waals surface area contributed by atoms with E-state index in [0.29, 0.717) is 22.7 Å². The average Bonchev–Trinajstić information content (AvgIpc) is 2.96. The summed E-state index contributed by atoms with van der Waals surface area (Å²) in [7, 11) is 0. The monoisotopic (exact) mass is 343 g/mol. The number of pyridine rings is 1. The number of carbonyl (C=O) groups excluding carboxylic acids is 1. The smallest absolute Gasteiger partial charge is 0.413 e. The van der Waals surface area contributed by atoms with Crippen LogP contribution in [0.4, 0.5) is 16.4 Å². The number of carbonyl (C=O) groups is 1. The lowest BCUT2D eigenvalue weighted by molar-refractivity contribution is -0.384. The van der Waals surface area contributed by atoms with Crippen LogP contribution in [0.5, 0.6) is 11.5 Å². The topological polar surface area (TPSA) is 132 Å². The molecule has 0 bridgehead atoms. The quantitative estimate of drug-likeness (QED) is 0.537. The van der Waals surface area contributed by atoms with Crippen LogP contribution in [-0.4, -0.2) is 32.6 Å². The van der Waals surface area contributed by atoms with E-state index in [4.69, 9.17) is 9.47 Å². The van der Waals surface area contributed by atoms with Crippen LogP contribution in [0.2, 0.25) is 0 Å². The maximum Gasteiger partial charge on any atom is 0.413 e. The molecule has 1 amide bonds. The van der Waals surface area contributed by atoms with Crippen LogP contribution < -0.4 is 10.1 Å². The van der Waals surface area contributed by atoms with Crippen LogP contribution in [0, 0.1) is 10.1 Å². The minimum Gasteiger partial charge on any atom is -0.455 e. The van der Waals surface area contributed by atoms with Crippen molar-refractivity contribution in [3.8, 4) is 11.5 Å². The van der Waals surface area contributed by atoms with Gasteiger partial charge in [-0.05, 0) is 13.0 Å². The summed E-state index contributed by atoms with van der Waals surface area (Å²) in [6.45, 7) is 1.93. The summed E-state index contributed by atoms with van der Waals surface area (Å²) < 4.78 is 10.3. The number of aromatic amines is 1. The number of rotatable bonds is 5. The highest BCUT2D eigenvalue weighted by atomic mass is 16.6. The molecule has 0 saturated heterocycles. The van der Waals surface area contributed by atoms with Gasteiger partial charge in [0.15, 0.2) is 5.65 Å². The Morgan fingerprint density at radius 2 is 2.20 bits per heavy atom. The van der Waals surface area contributed by atoms with E-state index in [1.165, 1.54) is 24.4 Å². The first-order valence-corrected chi connectivity index (χ1v) is 7.27. The number of nitrogens with one attached hydrogen (secondary N) is 2. The Morgan fingerprint density at radius 3 is 2.96 bits per heavy atom. The Morgan fingerprint density at radius 1 is 1.36 bits per heavy atom. The first-order chi connectivity index (χ1) is 12.0. The van der Waals surface area contributed by atoms with E-state index in [0.717, 1.165) is 0 Å². The van der Waals surface area contributed by atoms with Crippen molar-refractivity contribution in [2.75, 3.05) is 11.9 Å². The van der Waals surface area contributed by atoms with Gasteiger partial charge in [0.05, 0.1) is 23.8 Å². The molecule has 1 aromatic carbocycles. The van der Waals surface area contributed by atoms with Crippen molar-refractivity contribution in [2.45, 2.75) is 6.92 Å². The van der Waals surface area contributed by atoms with Gasteiger partial charge in [-0.1, -0.05) is 6.07 Å². The zero-order valence-electron chi connectivity index (χ0n) is 13.1. The third-order valence-corrected chi connectivity index (χ3v) is 3.07. The van der Waals surface area contributed by atoms with Crippen molar-refractivity contribution in [3.63, 3.8) is 0 Å². The van der Waals surface area contributed by atoms with Gasteiger partial charge in [-0.3, -0.25) is 15.4 Å². The number of hydrogen-bond donors (Lipinski definition) is 2. The molecule has 0 radical (unpaired) electrons. The largest absolute Gasteiger partial charge is 0.455 e. The van der Waals surface area contributed by atoms with E-state index >= 15 is 0 Å². The maximum absolute atomic E-state index is 11.4. The van der Waals surface area contributed by atoms with Crippen LogP contribution >= 0.6 is 0 Å². The number of H-pyrrole nitrogens is 1. The molecule has 0 unspecified atom stereocenters. The van der Waals surface area contributed by atoms with E-state index in [-0.39, 0.29) is 18.2 Å². The molecule has 25 heavy (non-hydrogen) atoms. The first-order valence-electron chi connectivity index (χ1n) is 7.27. The van der Waals surface area contributed by atoms with Crippen LogP contribution in [0.3, 0.4) is 0 Å². The fourth-order valence-electron chi connectivity index (χ4n) is 2.05. The molecule has 0 spiro atoms. The summed E-state index contributed by atoms with van der Waals surface area (Å²) in [5, 5.41) is 13.2. The van der Waals surface area contributed by atoms with Crippen LogP contribution in [0.25, 0.3) is 11.2 Å². The lowest BCUT2D eigenvalue weighted by Crippen LogP contribution is -2.14. The lowest BCUT2D eigenvalue weighted by atomic mass is 10.3.